The van der Waals surface area contributed by atoms with Crippen LogP contribution in [-0.2, 0) is 16.1 Å². The minimum Gasteiger partial charge on any atom is -0.379 e. The minimum atomic E-state index is 0.327. The normalized spacial score (nSPS) is 19.2. The summed E-state index contributed by atoms with van der Waals surface area (Å²) in [6, 6.07) is 2.23. The van der Waals surface area contributed by atoms with Gasteiger partial charge >= 0.3 is 0 Å². The average molecular weight is 266 g/mol. The maximum atomic E-state index is 5.46. The van der Waals surface area contributed by atoms with Gasteiger partial charge in [0.25, 0.3) is 0 Å². The lowest BCUT2D eigenvalue weighted by atomic mass is 10.1. The Hall–Kier alpha value is -1.40. The molecule has 2 rings (SSSR count). The summed E-state index contributed by atoms with van der Waals surface area (Å²) in [5.74, 6) is 2.31. The van der Waals surface area contributed by atoms with Gasteiger partial charge in [-0.1, -0.05) is 0 Å². The molecule has 0 aromatic carbocycles. The summed E-state index contributed by atoms with van der Waals surface area (Å²) in [5, 5.41) is 6.44. The topological polar surface area (TPSA) is 68.3 Å². The number of hydrogen-bond acceptors (Lipinski definition) is 6. The molecular formula is C13H22N4O2. The second-order valence-corrected chi connectivity index (χ2v) is 4.50. The average Bonchev–Trinajstić information content (AvgIpc) is 2.46. The Labute approximate surface area is 113 Å². The molecule has 0 saturated carbocycles. The molecule has 1 aliphatic heterocycles. The van der Waals surface area contributed by atoms with Crippen LogP contribution in [0.4, 0.5) is 11.6 Å². The molecule has 0 bridgehead atoms. The van der Waals surface area contributed by atoms with Gasteiger partial charge < -0.3 is 20.1 Å². The number of nitrogens with one attached hydrogen (secondary N) is 2. The molecule has 0 spiro atoms. The number of anilines is 2. The van der Waals surface area contributed by atoms with Crippen molar-refractivity contribution in [1.29, 1.82) is 0 Å². The van der Waals surface area contributed by atoms with E-state index in [0.717, 1.165) is 37.7 Å². The van der Waals surface area contributed by atoms with Gasteiger partial charge in [-0.05, 0) is 19.8 Å². The van der Waals surface area contributed by atoms with Crippen molar-refractivity contribution in [2.24, 2.45) is 0 Å². The number of aromatic nitrogens is 2. The zero-order valence-corrected chi connectivity index (χ0v) is 11.6. The highest BCUT2D eigenvalue weighted by molar-refractivity contribution is 5.47. The Kier molecular flexibility index (Phi) is 5.35. The zero-order valence-electron chi connectivity index (χ0n) is 11.6. The summed E-state index contributed by atoms with van der Waals surface area (Å²) in [7, 11) is 1.85. The maximum Gasteiger partial charge on any atom is 0.158 e. The van der Waals surface area contributed by atoms with E-state index in [-0.39, 0.29) is 0 Å². The molecule has 19 heavy (non-hydrogen) atoms. The molecule has 2 heterocycles. The molecule has 6 heteroatoms. The molecular weight excluding hydrogens is 244 g/mol. The zero-order chi connectivity index (χ0) is 13.5. The fraction of sp³-hybridized carbons (Fsp3) is 0.692. The van der Waals surface area contributed by atoms with Crippen LogP contribution in [0, 0.1) is 0 Å². The standard InChI is InChI=1S/C13H22N4O2/c1-3-18-9-13-16-11(14-2)7-12(17-13)15-10-5-4-6-19-8-10/h7,10H,3-6,8-9H2,1-2H3,(H2,14,15,16,17). The highest BCUT2D eigenvalue weighted by Crippen LogP contribution is 2.16. The molecule has 0 radical (unpaired) electrons. The molecule has 1 aliphatic rings. The third kappa shape index (κ3) is 4.33. The monoisotopic (exact) mass is 266 g/mol. The van der Waals surface area contributed by atoms with Crippen LogP contribution in [0.15, 0.2) is 6.07 Å². The predicted octanol–water partition coefficient (Wildman–Crippen LogP) is 1.65. The molecule has 106 valence electrons. The molecule has 6 nitrogen and oxygen atoms in total. The Balaban J connectivity index is 2.04. The first kappa shape index (κ1) is 14.0. The second kappa shape index (κ2) is 7.25. The van der Waals surface area contributed by atoms with E-state index < -0.39 is 0 Å². The van der Waals surface area contributed by atoms with Crippen LogP contribution in [-0.4, -0.2) is 42.9 Å². The molecule has 1 atom stereocenters. The molecule has 1 aromatic rings. The summed E-state index contributed by atoms with van der Waals surface area (Å²) >= 11 is 0. The van der Waals surface area contributed by atoms with Crippen molar-refractivity contribution in [3.8, 4) is 0 Å². The van der Waals surface area contributed by atoms with Gasteiger partial charge in [0, 0.05) is 26.3 Å². The van der Waals surface area contributed by atoms with Gasteiger partial charge in [-0.3, -0.25) is 0 Å². The van der Waals surface area contributed by atoms with Crippen molar-refractivity contribution in [2.75, 3.05) is 37.5 Å². The number of rotatable bonds is 6. The minimum absolute atomic E-state index is 0.327. The Morgan fingerprint density at radius 2 is 2.26 bits per heavy atom. The predicted molar refractivity (Wildman–Crippen MR) is 74.4 cm³/mol. The van der Waals surface area contributed by atoms with E-state index in [1.807, 2.05) is 20.0 Å². The highest BCUT2D eigenvalue weighted by atomic mass is 16.5. The maximum absolute atomic E-state index is 5.46. The van der Waals surface area contributed by atoms with Crippen molar-refractivity contribution in [2.45, 2.75) is 32.4 Å². The molecule has 1 unspecified atom stereocenters. The van der Waals surface area contributed by atoms with Crippen molar-refractivity contribution in [3.63, 3.8) is 0 Å². The van der Waals surface area contributed by atoms with Gasteiger partial charge in [-0.25, -0.2) is 9.97 Å². The fourth-order valence-corrected chi connectivity index (χ4v) is 2.02. The van der Waals surface area contributed by atoms with Crippen LogP contribution in [0.25, 0.3) is 0 Å². The van der Waals surface area contributed by atoms with Gasteiger partial charge in [0.1, 0.15) is 18.2 Å². The van der Waals surface area contributed by atoms with E-state index in [1.165, 1.54) is 0 Å². The van der Waals surface area contributed by atoms with E-state index in [1.54, 1.807) is 0 Å². The summed E-state index contributed by atoms with van der Waals surface area (Å²) < 4.78 is 10.8. The van der Waals surface area contributed by atoms with Crippen molar-refractivity contribution < 1.29 is 9.47 Å². The Morgan fingerprint density at radius 3 is 2.95 bits per heavy atom. The van der Waals surface area contributed by atoms with Crippen LogP contribution in [0.5, 0.6) is 0 Å². The number of nitrogens with zero attached hydrogens (tertiary/aromatic N) is 2. The second-order valence-electron chi connectivity index (χ2n) is 4.50. The molecule has 1 aromatic heterocycles. The fourth-order valence-electron chi connectivity index (χ4n) is 2.02. The van der Waals surface area contributed by atoms with E-state index in [0.29, 0.717) is 25.1 Å². The van der Waals surface area contributed by atoms with Gasteiger partial charge in [-0.15, -0.1) is 0 Å². The van der Waals surface area contributed by atoms with E-state index >= 15 is 0 Å². The summed E-state index contributed by atoms with van der Waals surface area (Å²) in [6.45, 7) is 4.65. The smallest absolute Gasteiger partial charge is 0.158 e. The first-order chi connectivity index (χ1) is 9.31. The number of ether oxygens (including phenoxy) is 2. The third-order valence-electron chi connectivity index (χ3n) is 2.98. The van der Waals surface area contributed by atoms with E-state index in [4.69, 9.17) is 9.47 Å². The third-order valence-corrected chi connectivity index (χ3v) is 2.98. The molecule has 0 amide bonds. The first-order valence-electron chi connectivity index (χ1n) is 6.79. The quantitative estimate of drug-likeness (QED) is 0.816. The lowest BCUT2D eigenvalue weighted by Gasteiger charge is -2.23. The Morgan fingerprint density at radius 1 is 1.42 bits per heavy atom. The van der Waals surface area contributed by atoms with Gasteiger partial charge in [0.2, 0.25) is 0 Å². The number of hydrogen-bond donors (Lipinski definition) is 2. The van der Waals surface area contributed by atoms with Crippen LogP contribution in [0.1, 0.15) is 25.6 Å². The molecule has 1 saturated heterocycles. The lowest BCUT2D eigenvalue weighted by Crippen LogP contribution is -2.30. The van der Waals surface area contributed by atoms with Crippen LogP contribution in [0.3, 0.4) is 0 Å². The molecule has 0 aliphatic carbocycles. The van der Waals surface area contributed by atoms with Crippen LogP contribution < -0.4 is 10.6 Å². The molecule has 2 N–H and O–H groups in total. The highest BCUT2D eigenvalue weighted by Gasteiger charge is 2.15. The van der Waals surface area contributed by atoms with Crippen LogP contribution in [0.2, 0.25) is 0 Å². The SMILES string of the molecule is CCOCc1nc(NC)cc(NC2CCCOC2)n1. The first-order valence-corrected chi connectivity index (χ1v) is 6.79. The van der Waals surface area contributed by atoms with Gasteiger partial charge in [-0.2, -0.15) is 0 Å². The van der Waals surface area contributed by atoms with Crippen molar-refractivity contribution >= 4 is 11.6 Å². The summed E-state index contributed by atoms with van der Waals surface area (Å²) in [4.78, 5) is 8.83. The Bertz CT molecular complexity index is 394. The van der Waals surface area contributed by atoms with Gasteiger partial charge in [0.05, 0.1) is 12.6 Å². The van der Waals surface area contributed by atoms with Crippen molar-refractivity contribution in [3.05, 3.63) is 11.9 Å². The lowest BCUT2D eigenvalue weighted by molar-refractivity contribution is 0.0874. The largest absolute Gasteiger partial charge is 0.379 e. The molecule has 1 fully saturated rings. The summed E-state index contributed by atoms with van der Waals surface area (Å²) in [5.41, 5.74) is 0. The van der Waals surface area contributed by atoms with Crippen LogP contribution >= 0.6 is 0 Å². The van der Waals surface area contributed by atoms with E-state index in [2.05, 4.69) is 20.6 Å². The van der Waals surface area contributed by atoms with Crippen molar-refractivity contribution in [1.82, 2.24) is 9.97 Å². The van der Waals surface area contributed by atoms with Gasteiger partial charge in [0.15, 0.2) is 5.82 Å². The van der Waals surface area contributed by atoms with E-state index in [9.17, 15) is 0 Å². The summed E-state index contributed by atoms with van der Waals surface area (Å²) in [6.07, 6.45) is 2.20.